The van der Waals surface area contributed by atoms with Gasteiger partial charge in [0.05, 0.1) is 18.3 Å². The number of hydrogen-bond acceptors (Lipinski definition) is 8. The van der Waals surface area contributed by atoms with Crippen LogP contribution in [0.3, 0.4) is 0 Å². The maximum Gasteiger partial charge on any atom is 0.225 e. The van der Waals surface area contributed by atoms with Crippen LogP contribution in [0.1, 0.15) is 50.6 Å². The summed E-state index contributed by atoms with van der Waals surface area (Å²) in [6.07, 6.45) is 11.1. The monoisotopic (exact) mass is 437 g/mol. The Bertz CT molecular complexity index is 965. The molecule has 9 nitrogen and oxygen atoms in total. The van der Waals surface area contributed by atoms with E-state index in [9.17, 15) is 0 Å². The first-order chi connectivity index (χ1) is 15.8. The average Bonchev–Trinajstić information content (AvgIpc) is 3.28. The van der Waals surface area contributed by atoms with E-state index in [1.807, 2.05) is 35.1 Å². The molecule has 0 aliphatic heterocycles. The zero-order valence-electron chi connectivity index (χ0n) is 18.8. The molecule has 0 amide bonds. The van der Waals surface area contributed by atoms with Crippen LogP contribution in [-0.4, -0.2) is 50.6 Å². The highest BCUT2D eigenvalue weighted by Gasteiger charge is 2.11. The van der Waals surface area contributed by atoms with Crippen molar-refractivity contribution in [3.8, 4) is 0 Å². The highest BCUT2D eigenvalue weighted by Crippen LogP contribution is 2.19. The number of hydrogen-bond donors (Lipinski definition) is 4. The number of rotatable bonds is 12. The Kier molecular flexibility index (Phi) is 8.22. The second-order valence-electron chi connectivity index (χ2n) is 8.52. The van der Waals surface area contributed by atoms with E-state index in [2.05, 4.69) is 36.2 Å². The Hall–Kier alpha value is -2.78. The molecule has 5 N–H and O–H groups in total. The molecule has 32 heavy (non-hydrogen) atoms. The maximum absolute atomic E-state index is 6.04. The summed E-state index contributed by atoms with van der Waals surface area (Å²) in [6, 6.07) is 8.47. The molecule has 0 saturated heterocycles. The molecule has 2 heterocycles. The Morgan fingerprint density at radius 1 is 1.00 bits per heavy atom. The van der Waals surface area contributed by atoms with Crippen molar-refractivity contribution in [2.45, 2.75) is 64.1 Å². The smallest absolute Gasteiger partial charge is 0.225 e. The van der Waals surface area contributed by atoms with Crippen molar-refractivity contribution in [3.63, 3.8) is 0 Å². The number of nitrogen functional groups attached to an aromatic ring is 1. The molecule has 1 aliphatic carbocycles. The molecule has 0 atom stereocenters. The van der Waals surface area contributed by atoms with Crippen LogP contribution in [0.4, 0.5) is 11.8 Å². The summed E-state index contributed by atoms with van der Waals surface area (Å²) in [5.41, 5.74) is 7.71. The van der Waals surface area contributed by atoms with Gasteiger partial charge in [-0.2, -0.15) is 4.98 Å². The molecule has 0 spiro atoms. The summed E-state index contributed by atoms with van der Waals surface area (Å²) < 4.78 is 1.89. The molecule has 1 saturated carbocycles. The zero-order chi connectivity index (χ0) is 22.0. The predicted molar refractivity (Wildman–Crippen MR) is 128 cm³/mol. The first-order valence-corrected chi connectivity index (χ1v) is 11.9. The molecule has 1 aromatic carbocycles. The lowest BCUT2D eigenvalue weighted by Crippen LogP contribution is -2.33. The fourth-order valence-corrected chi connectivity index (χ4v) is 4.20. The van der Waals surface area contributed by atoms with E-state index in [1.165, 1.54) is 38.5 Å². The molecule has 9 heteroatoms. The fraction of sp³-hybridized carbons (Fsp3) is 0.565. The average molecular weight is 438 g/mol. The molecule has 3 aromatic rings. The molecule has 0 bridgehead atoms. The standard InChI is InChI=1S/C23H35N9/c24-22-20-10-4-5-11-21(20)28-23(29-22)27-16-19-17-32(31-30-19)15-7-13-25-12-6-14-26-18-8-2-1-3-9-18/h4-5,10-11,17-18,25-26H,1-3,6-9,12-16H2,(H3,24,27,28,29). The number of nitrogens with one attached hydrogen (secondary N) is 3. The number of aromatic nitrogens is 5. The summed E-state index contributed by atoms with van der Waals surface area (Å²) >= 11 is 0. The Balaban J connectivity index is 1.10. The first kappa shape index (κ1) is 22.4. The van der Waals surface area contributed by atoms with Gasteiger partial charge < -0.3 is 21.7 Å². The number of benzene rings is 1. The number of para-hydroxylation sites is 1. The number of nitrogens with two attached hydrogens (primary N) is 1. The summed E-state index contributed by atoms with van der Waals surface area (Å²) in [7, 11) is 0. The molecule has 0 radical (unpaired) electrons. The van der Waals surface area contributed by atoms with Crippen LogP contribution >= 0.6 is 0 Å². The fourth-order valence-electron chi connectivity index (χ4n) is 4.20. The van der Waals surface area contributed by atoms with Crippen LogP contribution in [0, 0.1) is 0 Å². The quantitative estimate of drug-likeness (QED) is 0.319. The van der Waals surface area contributed by atoms with Crippen molar-refractivity contribution < 1.29 is 0 Å². The second kappa shape index (κ2) is 11.7. The lowest BCUT2D eigenvalue weighted by Gasteiger charge is -2.22. The van der Waals surface area contributed by atoms with Crippen LogP contribution in [0.2, 0.25) is 0 Å². The van der Waals surface area contributed by atoms with Gasteiger partial charge in [0.2, 0.25) is 5.95 Å². The van der Waals surface area contributed by atoms with Crippen LogP contribution < -0.4 is 21.7 Å². The minimum absolute atomic E-state index is 0.471. The number of nitrogens with zero attached hydrogens (tertiary/aromatic N) is 5. The van der Waals surface area contributed by atoms with Crippen molar-refractivity contribution in [2.75, 3.05) is 30.7 Å². The third-order valence-corrected chi connectivity index (χ3v) is 5.96. The van der Waals surface area contributed by atoms with Crippen molar-refractivity contribution in [2.24, 2.45) is 0 Å². The molecule has 1 aliphatic rings. The first-order valence-electron chi connectivity index (χ1n) is 11.9. The van der Waals surface area contributed by atoms with Gasteiger partial charge in [-0.3, -0.25) is 4.68 Å². The third-order valence-electron chi connectivity index (χ3n) is 5.96. The van der Waals surface area contributed by atoms with E-state index in [4.69, 9.17) is 5.73 Å². The molecular formula is C23H35N9. The van der Waals surface area contributed by atoms with E-state index in [0.29, 0.717) is 18.3 Å². The van der Waals surface area contributed by atoms with Crippen LogP contribution in [-0.2, 0) is 13.1 Å². The third kappa shape index (κ3) is 6.61. The summed E-state index contributed by atoms with van der Waals surface area (Å²) in [5, 5.41) is 19.7. The van der Waals surface area contributed by atoms with Gasteiger partial charge in [0.25, 0.3) is 0 Å². The SMILES string of the molecule is Nc1nc(NCc2cn(CCCNCCCNC3CCCCC3)nn2)nc2ccccc12. The van der Waals surface area contributed by atoms with Crippen LogP contribution in [0.25, 0.3) is 10.9 Å². The van der Waals surface area contributed by atoms with Gasteiger partial charge in [0.1, 0.15) is 11.5 Å². The van der Waals surface area contributed by atoms with E-state index >= 15 is 0 Å². The molecule has 1 fully saturated rings. The van der Waals surface area contributed by atoms with E-state index in [0.717, 1.165) is 55.2 Å². The predicted octanol–water partition coefficient (Wildman–Crippen LogP) is 2.71. The molecular weight excluding hydrogens is 402 g/mol. The topological polar surface area (TPSA) is 119 Å². The highest BCUT2D eigenvalue weighted by atomic mass is 15.4. The molecule has 0 unspecified atom stereocenters. The van der Waals surface area contributed by atoms with Gasteiger partial charge in [0.15, 0.2) is 0 Å². The van der Waals surface area contributed by atoms with Crippen molar-refractivity contribution >= 4 is 22.7 Å². The van der Waals surface area contributed by atoms with Crippen molar-refractivity contribution in [1.82, 2.24) is 35.6 Å². The minimum atomic E-state index is 0.471. The van der Waals surface area contributed by atoms with Gasteiger partial charge in [-0.1, -0.05) is 36.6 Å². The number of anilines is 2. The number of aryl methyl sites for hydroxylation is 1. The Morgan fingerprint density at radius 2 is 1.84 bits per heavy atom. The van der Waals surface area contributed by atoms with Crippen molar-refractivity contribution in [3.05, 3.63) is 36.2 Å². The largest absolute Gasteiger partial charge is 0.383 e. The van der Waals surface area contributed by atoms with Gasteiger partial charge >= 0.3 is 0 Å². The molecule has 2 aromatic heterocycles. The summed E-state index contributed by atoms with van der Waals surface area (Å²) in [6.45, 7) is 4.51. The maximum atomic E-state index is 6.04. The van der Waals surface area contributed by atoms with E-state index in [1.54, 1.807) is 0 Å². The van der Waals surface area contributed by atoms with Crippen LogP contribution in [0.15, 0.2) is 30.5 Å². The lowest BCUT2D eigenvalue weighted by atomic mass is 9.95. The van der Waals surface area contributed by atoms with Gasteiger partial charge in [-0.05, 0) is 57.5 Å². The lowest BCUT2D eigenvalue weighted by molar-refractivity contribution is 0.371. The number of fused-ring (bicyclic) bond motifs is 1. The van der Waals surface area contributed by atoms with E-state index < -0.39 is 0 Å². The van der Waals surface area contributed by atoms with Gasteiger partial charge in [-0.25, -0.2) is 4.98 Å². The molecule has 172 valence electrons. The van der Waals surface area contributed by atoms with Crippen LogP contribution in [0.5, 0.6) is 0 Å². The summed E-state index contributed by atoms with van der Waals surface area (Å²) in [5.74, 6) is 0.969. The van der Waals surface area contributed by atoms with Gasteiger partial charge in [-0.15, -0.1) is 5.10 Å². The highest BCUT2D eigenvalue weighted by molar-refractivity contribution is 5.88. The second-order valence-corrected chi connectivity index (χ2v) is 8.52. The van der Waals surface area contributed by atoms with Gasteiger partial charge in [0, 0.05) is 18.0 Å². The zero-order valence-corrected chi connectivity index (χ0v) is 18.8. The summed E-state index contributed by atoms with van der Waals surface area (Å²) in [4.78, 5) is 8.83. The van der Waals surface area contributed by atoms with Crippen molar-refractivity contribution in [1.29, 1.82) is 0 Å². The minimum Gasteiger partial charge on any atom is -0.383 e. The Labute approximate surface area is 189 Å². The normalized spacial score (nSPS) is 14.8. The molecule has 4 rings (SSSR count). The van der Waals surface area contributed by atoms with E-state index in [-0.39, 0.29) is 0 Å². The Morgan fingerprint density at radius 3 is 2.75 bits per heavy atom.